The van der Waals surface area contributed by atoms with Crippen molar-refractivity contribution < 1.29 is 4.74 Å². The Morgan fingerprint density at radius 3 is 2.80 bits per heavy atom. The van der Waals surface area contributed by atoms with Gasteiger partial charge in [0.2, 0.25) is 0 Å². The van der Waals surface area contributed by atoms with E-state index in [9.17, 15) is 0 Å². The molecule has 0 aromatic rings. The fraction of sp³-hybridized carbons (Fsp3) is 1.00. The number of nitrogens with two attached hydrogens (primary N) is 1. The predicted molar refractivity (Wildman–Crippen MR) is 41.8 cm³/mol. The van der Waals surface area contributed by atoms with Gasteiger partial charge in [-0.1, -0.05) is 13.3 Å². The van der Waals surface area contributed by atoms with Crippen molar-refractivity contribution in [2.45, 2.75) is 19.8 Å². The Bertz CT molecular complexity index is 83.3. The summed E-state index contributed by atoms with van der Waals surface area (Å²) in [5, 5.41) is 0. The maximum absolute atomic E-state index is 5.61. The van der Waals surface area contributed by atoms with Crippen molar-refractivity contribution in [2.75, 3.05) is 19.8 Å². The SMILES string of the molecule is CCC1COCCC1CN. The minimum absolute atomic E-state index is 0.721. The molecule has 2 heteroatoms. The van der Waals surface area contributed by atoms with Gasteiger partial charge in [0.05, 0.1) is 0 Å². The number of rotatable bonds is 2. The first kappa shape index (κ1) is 8.02. The molecule has 1 aliphatic rings. The molecule has 10 heavy (non-hydrogen) atoms. The van der Waals surface area contributed by atoms with E-state index in [0.29, 0.717) is 0 Å². The molecule has 2 unspecified atom stereocenters. The zero-order chi connectivity index (χ0) is 7.40. The van der Waals surface area contributed by atoms with E-state index >= 15 is 0 Å². The fourth-order valence-electron chi connectivity index (χ4n) is 1.60. The molecule has 1 fully saturated rings. The molecule has 1 heterocycles. The van der Waals surface area contributed by atoms with Gasteiger partial charge in [-0.2, -0.15) is 0 Å². The lowest BCUT2D eigenvalue weighted by Crippen LogP contribution is -2.32. The number of hydrogen-bond acceptors (Lipinski definition) is 2. The van der Waals surface area contributed by atoms with E-state index in [1.165, 1.54) is 6.42 Å². The summed E-state index contributed by atoms with van der Waals surface area (Å²) in [7, 11) is 0. The monoisotopic (exact) mass is 143 g/mol. The number of hydrogen-bond donors (Lipinski definition) is 1. The van der Waals surface area contributed by atoms with Gasteiger partial charge in [0.15, 0.2) is 0 Å². The predicted octanol–water partition coefficient (Wildman–Crippen LogP) is 1.01. The molecule has 0 radical (unpaired) electrons. The first-order valence-corrected chi connectivity index (χ1v) is 4.16. The highest BCUT2D eigenvalue weighted by Gasteiger charge is 2.22. The second-order valence-corrected chi connectivity index (χ2v) is 3.03. The van der Waals surface area contributed by atoms with Gasteiger partial charge in [-0.3, -0.25) is 0 Å². The molecule has 0 aromatic carbocycles. The van der Waals surface area contributed by atoms with Gasteiger partial charge in [-0.05, 0) is 24.8 Å². The molecule has 2 N–H and O–H groups in total. The van der Waals surface area contributed by atoms with Crippen LogP contribution in [0.15, 0.2) is 0 Å². The van der Waals surface area contributed by atoms with E-state index in [-0.39, 0.29) is 0 Å². The van der Waals surface area contributed by atoms with Crippen molar-refractivity contribution in [3.05, 3.63) is 0 Å². The normalized spacial score (nSPS) is 34.2. The van der Waals surface area contributed by atoms with Crippen LogP contribution in [0.5, 0.6) is 0 Å². The van der Waals surface area contributed by atoms with Crippen molar-refractivity contribution in [1.82, 2.24) is 0 Å². The van der Waals surface area contributed by atoms with E-state index in [4.69, 9.17) is 10.5 Å². The maximum Gasteiger partial charge on any atom is 0.0497 e. The Hall–Kier alpha value is -0.0800. The molecule has 2 nitrogen and oxygen atoms in total. The van der Waals surface area contributed by atoms with Crippen LogP contribution in [0.1, 0.15) is 19.8 Å². The lowest BCUT2D eigenvalue weighted by atomic mass is 9.87. The third-order valence-corrected chi connectivity index (χ3v) is 2.46. The van der Waals surface area contributed by atoms with E-state index < -0.39 is 0 Å². The zero-order valence-electron chi connectivity index (χ0n) is 6.68. The van der Waals surface area contributed by atoms with Gasteiger partial charge in [0, 0.05) is 13.2 Å². The van der Waals surface area contributed by atoms with Crippen LogP contribution in [0.3, 0.4) is 0 Å². The smallest absolute Gasteiger partial charge is 0.0497 e. The van der Waals surface area contributed by atoms with Crippen LogP contribution >= 0.6 is 0 Å². The first-order chi connectivity index (χ1) is 4.88. The molecule has 2 atom stereocenters. The van der Waals surface area contributed by atoms with Crippen LogP contribution in [0, 0.1) is 11.8 Å². The average Bonchev–Trinajstić information content (AvgIpc) is 2.04. The van der Waals surface area contributed by atoms with Gasteiger partial charge in [-0.25, -0.2) is 0 Å². The van der Waals surface area contributed by atoms with E-state index in [1.54, 1.807) is 0 Å². The summed E-state index contributed by atoms with van der Waals surface area (Å²) in [6.45, 7) is 4.89. The highest BCUT2D eigenvalue weighted by atomic mass is 16.5. The van der Waals surface area contributed by atoms with Crippen LogP contribution in [-0.2, 0) is 4.74 Å². The second kappa shape index (κ2) is 3.94. The third-order valence-electron chi connectivity index (χ3n) is 2.46. The summed E-state index contributed by atoms with van der Waals surface area (Å²) < 4.78 is 5.35. The summed E-state index contributed by atoms with van der Waals surface area (Å²) in [4.78, 5) is 0. The standard InChI is InChI=1S/C8H17NO/c1-2-7-6-10-4-3-8(7)5-9/h7-8H,2-6,9H2,1H3. The van der Waals surface area contributed by atoms with Crippen molar-refractivity contribution >= 4 is 0 Å². The molecule has 0 aliphatic carbocycles. The van der Waals surface area contributed by atoms with E-state index in [1.807, 2.05) is 0 Å². The molecule has 0 bridgehead atoms. The van der Waals surface area contributed by atoms with E-state index in [2.05, 4.69) is 6.92 Å². The van der Waals surface area contributed by atoms with Gasteiger partial charge in [-0.15, -0.1) is 0 Å². The molecule has 0 saturated carbocycles. The summed E-state index contributed by atoms with van der Waals surface area (Å²) in [5.74, 6) is 1.44. The summed E-state index contributed by atoms with van der Waals surface area (Å²) in [6, 6.07) is 0. The van der Waals surface area contributed by atoms with Crippen molar-refractivity contribution in [3.63, 3.8) is 0 Å². The molecule has 0 amide bonds. The lowest BCUT2D eigenvalue weighted by Gasteiger charge is -2.29. The minimum atomic E-state index is 0.721. The van der Waals surface area contributed by atoms with E-state index in [0.717, 1.165) is 38.0 Å². The molecule has 60 valence electrons. The quantitative estimate of drug-likeness (QED) is 0.626. The first-order valence-electron chi connectivity index (χ1n) is 4.16. The van der Waals surface area contributed by atoms with Crippen LogP contribution in [-0.4, -0.2) is 19.8 Å². The largest absolute Gasteiger partial charge is 0.381 e. The molecule has 0 spiro atoms. The van der Waals surface area contributed by atoms with Crippen LogP contribution in [0.25, 0.3) is 0 Å². The van der Waals surface area contributed by atoms with Gasteiger partial charge >= 0.3 is 0 Å². The molecular formula is C8H17NO. The molecule has 0 aromatic heterocycles. The fourth-order valence-corrected chi connectivity index (χ4v) is 1.60. The highest BCUT2D eigenvalue weighted by molar-refractivity contribution is 4.72. The lowest BCUT2D eigenvalue weighted by molar-refractivity contribution is 0.0182. The van der Waals surface area contributed by atoms with Gasteiger partial charge in [0.1, 0.15) is 0 Å². The third kappa shape index (κ3) is 1.70. The summed E-state index contributed by atoms with van der Waals surface area (Å²) >= 11 is 0. The van der Waals surface area contributed by atoms with Gasteiger partial charge in [0.25, 0.3) is 0 Å². The minimum Gasteiger partial charge on any atom is -0.381 e. The topological polar surface area (TPSA) is 35.2 Å². The van der Waals surface area contributed by atoms with Crippen LogP contribution < -0.4 is 5.73 Å². The van der Waals surface area contributed by atoms with Crippen LogP contribution in [0.2, 0.25) is 0 Å². The Morgan fingerprint density at radius 1 is 1.50 bits per heavy atom. The Balaban J connectivity index is 2.34. The van der Waals surface area contributed by atoms with Gasteiger partial charge < -0.3 is 10.5 Å². The number of ether oxygens (including phenoxy) is 1. The van der Waals surface area contributed by atoms with Crippen molar-refractivity contribution in [2.24, 2.45) is 17.6 Å². The van der Waals surface area contributed by atoms with Crippen LogP contribution in [0.4, 0.5) is 0 Å². The summed E-state index contributed by atoms with van der Waals surface area (Å²) in [6.07, 6.45) is 2.37. The molecular weight excluding hydrogens is 126 g/mol. The highest BCUT2D eigenvalue weighted by Crippen LogP contribution is 2.22. The zero-order valence-corrected chi connectivity index (χ0v) is 6.68. The molecule has 1 aliphatic heterocycles. The van der Waals surface area contributed by atoms with Crippen molar-refractivity contribution in [1.29, 1.82) is 0 Å². The Morgan fingerprint density at radius 2 is 2.30 bits per heavy atom. The molecule has 1 saturated heterocycles. The maximum atomic E-state index is 5.61. The second-order valence-electron chi connectivity index (χ2n) is 3.03. The summed E-state index contributed by atoms with van der Waals surface area (Å²) in [5.41, 5.74) is 5.61. The average molecular weight is 143 g/mol. The van der Waals surface area contributed by atoms with Crippen molar-refractivity contribution in [3.8, 4) is 0 Å². The Labute approximate surface area is 62.7 Å². The Kier molecular flexibility index (Phi) is 3.16. The molecule has 1 rings (SSSR count).